The van der Waals surface area contributed by atoms with Crippen molar-refractivity contribution in [3.05, 3.63) is 45.8 Å². The van der Waals surface area contributed by atoms with Crippen LogP contribution in [0.3, 0.4) is 0 Å². The zero-order valence-corrected chi connectivity index (χ0v) is 18.0. The molecule has 4 rings (SSSR count). The molecule has 2 N–H and O–H groups in total. The van der Waals surface area contributed by atoms with Crippen molar-refractivity contribution in [1.29, 1.82) is 0 Å². The van der Waals surface area contributed by atoms with Gasteiger partial charge in [0.2, 0.25) is 0 Å². The summed E-state index contributed by atoms with van der Waals surface area (Å²) in [6.45, 7) is 9.67. The number of amides is 1. The van der Waals surface area contributed by atoms with Crippen LogP contribution < -0.4 is 15.4 Å². The number of hydrogen-bond donors (Lipinski definition) is 2. The molecule has 4 nitrogen and oxygen atoms in total. The summed E-state index contributed by atoms with van der Waals surface area (Å²) >= 11 is 1.78. The Morgan fingerprint density at radius 1 is 1.18 bits per heavy atom. The molecule has 1 aliphatic carbocycles. The van der Waals surface area contributed by atoms with E-state index >= 15 is 0 Å². The van der Waals surface area contributed by atoms with Crippen LogP contribution in [0.4, 0.5) is 5.00 Å². The third-order valence-electron chi connectivity index (χ3n) is 6.58. The van der Waals surface area contributed by atoms with Crippen molar-refractivity contribution in [2.45, 2.75) is 59.5 Å². The molecule has 0 bridgehead atoms. The molecule has 1 aromatic carbocycles. The highest BCUT2D eigenvalue weighted by Gasteiger charge is 2.37. The molecule has 0 spiro atoms. The highest BCUT2D eigenvalue weighted by atomic mass is 32.1. The van der Waals surface area contributed by atoms with Gasteiger partial charge in [0.25, 0.3) is 5.91 Å². The first-order chi connectivity index (χ1) is 13.4. The lowest BCUT2D eigenvalue weighted by atomic mass is 9.69. The number of ether oxygens (including phenoxy) is 1. The van der Waals surface area contributed by atoms with E-state index in [0.717, 1.165) is 34.7 Å². The van der Waals surface area contributed by atoms with Crippen molar-refractivity contribution in [2.24, 2.45) is 11.3 Å². The molecule has 1 amide bonds. The molecule has 0 unspecified atom stereocenters. The Hall–Kier alpha value is -2.01. The molecule has 0 saturated carbocycles. The smallest absolute Gasteiger partial charge is 0.256 e. The van der Waals surface area contributed by atoms with Crippen molar-refractivity contribution in [3.8, 4) is 5.75 Å². The minimum atomic E-state index is -0.196. The van der Waals surface area contributed by atoms with Gasteiger partial charge in [-0.1, -0.05) is 39.3 Å². The summed E-state index contributed by atoms with van der Waals surface area (Å²) in [6.07, 6.45) is 4.27. The van der Waals surface area contributed by atoms with E-state index in [1.807, 2.05) is 31.2 Å². The van der Waals surface area contributed by atoms with Gasteiger partial charge in [-0.15, -0.1) is 11.3 Å². The number of hydrogen-bond acceptors (Lipinski definition) is 4. The van der Waals surface area contributed by atoms with Gasteiger partial charge in [-0.3, -0.25) is 4.79 Å². The van der Waals surface area contributed by atoms with Crippen LogP contribution in [-0.2, 0) is 12.8 Å². The average molecular weight is 399 g/mol. The lowest BCUT2D eigenvalue weighted by Crippen LogP contribution is -2.38. The fourth-order valence-corrected chi connectivity index (χ4v) is 5.70. The van der Waals surface area contributed by atoms with Gasteiger partial charge < -0.3 is 15.4 Å². The second kappa shape index (κ2) is 7.43. The number of fused-ring (bicyclic) bond motifs is 3. The summed E-state index contributed by atoms with van der Waals surface area (Å²) < 4.78 is 5.52. The zero-order chi connectivity index (χ0) is 19.9. The molecule has 2 aliphatic rings. The summed E-state index contributed by atoms with van der Waals surface area (Å²) in [5.41, 5.74) is 3.55. The summed E-state index contributed by atoms with van der Waals surface area (Å²) in [6, 6.07) is 7.95. The lowest BCUT2D eigenvalue weighted by molar-refractivity contribution is 0.0934. The number of rotatable bonds is 5. The second-order valence-electron chi connectivity index (χ2n) is 8.54. The number of carbonyl (C=O) groups is 1. The van der Waals surface area contributed by atoms with Crippen LogP contribution in [0.2, 0.25) is 0 Å². The molecule has 1 aliphatic heterocycles. The van der Waals surface area contributed by atoms with Crippen LogP contribution in [0.25, 0.3) is 0 Å². The summed E-state index contributed by atoms with van der Waals surface area (Å²) in [5, 5.41) is 7.74. The number of nitrogens with one attached hydrogen (secondary N) is 2. The number of benzene rings is 1. The zero-order valence-electron chi connectivity index (χ0n) is 17.2. The summed E-state index contributed by atoms with van der Waals surface area (Å²) in [4.78, 5) is 14.3. The first-order valence-corrected chi connectivity index (χ1v) is 11.2. The molecule has 2 aromatic rings. The number of thiophene rings is 1. The third kappa shape index (κ3) is 3.41. The van der Waals surface area contributed by atoms with Crippen LogP contribution >= 0.6 is 11.3 Å². The van der Waals surface area contributed by atoms with Crippen molar-refractivity contribution >= 4 is 22.2 Å². The molecule has 0 radical (unpaired) electrons. The van der Waals surface area contributed by atoms with Gasteiger partial charge in [-0.2, -0.15) is 0 Å². The minimum Gasteiger partial charge on any atom is -0.494 e. The maximum absolute atomic E-state index is 12.9. The van der Waals surface area contributed by atoms with Gasteiger partial charge in [-0.05, 0) is 60.8 Å². The largest absolute Gasteiger partial charge is 0.494 e. The van der Waals surface area contributed by atoms with Gasteiger partial charge >= 0.3 is 0 Å². The Balaban J connectivity index is 1.57. The van der Waals surface area contributed by atoms with E-state index in [-0.39, 0.29) is 12.1 Å². The molecule has 2 heterocycles. The van der Waals surface area contributed by atoms with Crippen molar-refractivity contribution < 1.29 is 9.53 Å². The summed E-state index contributed by atoms with van der Waals surface area (Å²) in [5.74, 6) is 1.60. The monoisotopic (exact) mass is 398 g/mol. The van der Waals surface area contributed by atoms with Crippen LogP contribution in [-0.4, -0.2) is 12.5 Å². The lowest BCUT2D eigenvalue weighted by Gasteiger charge is -2.36. The normalized spacial score (nSPS) is 21.4. The van der Waals surface area contributed by atoms with E-state index in [9.17, 15) is 4.79 Å². The van der Waals surface area contributed by atoms with Gasteiger partial charge in [0, 0.05) is 4.88 Å². The topological polar surface area (TPSA) is 50.4 Å². The fourth-order valence-electron chi connectivity index (χ4n) is 4.34. The molecule has 0 saturated heterocycles. The number of carbonyl (C=O) groups excluding carboxylic acids is 1. The Labute approximate surface area is 171 Å². The second-order valence-corrected chi connectivity index (χ2v) is 9.65. The highest BCUT2D eigenvalue weighted by molar-refractivity contribution is 7.16. The van der Waals surface area contributed by atoms with E-state index < -0.39 is 0 Å². The first kappa shape index (κ1) is 19.3. The van der Waals surface area contributed by atoms with E-state index in [2.05, 4.69) is 31.4 Å². The fraction of sp³-hybridized carbons (Fsp3) is 0.522. The Morgan fingerprint density at radius 2 is 1.93 bits per heavy atom. The predicted octanol–water partition coefficient (Wildman–Crippen LogP) is 5.54. The van der Waals surface area contributed by atoms with Gasteiger partial charge in [0.15, 0.2) is 0 Å². The van der Waals surface area contributed by atoms with Crippen molar-refractivity contribution in [1.82, 2.24) is 5.32 Å². The van der Waals surface area contributed by atoms with Crippen LogP contribution in [0.1, 0.15) is 73.1 Å². The quantitative estimate of drug-likeness (QED) is 0.695. The van der Waals surface area contributed by atoms with Crippen molar-refractivity contribution in [3.63, 3.8) is 0 Å². The molecular weight excluding hydrogens is 368 g/mol. The van der Waals surface area contributed by atoms with Crippen LogP contribution in [0.5, 0.6) is 5.75 Å². The Morgan fingerprint density at radius 3 is 2.61 bits per heavy atom. The van der Waals surface area contributed by atoms with E-state index in [1.165, 1.54) is 23.3 Å². The van der Waals surface area contributed by atoms with Crippen LogP contribution in [0.15, 0.2) is 24.3 Å². The Kier molecular flexibility index (Phi) is 5.13. The Bertz CT molecular complexity index is 869. The average Bonchev–Trinajstić information content (AvgIpc) is 3.07. The van der Waals surface area contributed by atoms with E-state index in [1.54, 1.807) is 11.3 Å². The first-order valence-electron chi connectivity index (χ1n) is 10.4. The molecule has 0 fully saturated rings. The SMILES string of the molecule is CCOc1ccc([C@H]2NC(=O)c3c(sc4c3CC[C@H](C(C)(C)CC)C4)N2)cc1. The number of anilines is 1. The van der Waals surface area contributed by atoms with Gasteiger partial charge in [-0.25, -0.2) is 0 Å². The highest BCUT2D eigenvalue weighted by Crippen LogP contribution is 2.46. The molecular formula is C23H30N2O2S. The van der Waals surface area contributed by atoms with Gasteiger partial charge in [0.05, 0.1) is 12.2 Å². The standard InChI is InChI=1S/C23H30N2O2S/c1-5-23(3,4)15-9-12-17-18(13-15)28-22-19(17)21(26)24-20(25-22)14-7-10-16(11-8-14)27-6-2/h7-8,10-11,15,20,25H,5-6,9,12-13H2,1-4H3,(H,24,26)/t15-,20-/m0/s1. The molecule has 1 aromatic heterocycles. The van der Waals surface area contributed by atoms with E-state index in [0.29, 0.717) is 17.9 Å². The molecule has 150 valence electrons. The van der Waals surface area contributed by atoms with E-state index in [4.69, 9.17) is 4.74 Å². The summed E-state index contributed by atoms with van der Waals surface area (Å²) in [7, 11) is 0. The predicted molar refractivity (Wildman–Crippen MR) is 115 cm³/mol. The maximum atomic E-state index is 12.9. The van der Waals surface area contributed by atoms with Crippen LogP contribution in [0, 0.1) is 11.3 Å². The van der Waals surface area contributed by atoms with Gasteiger partial charge in [0.1, 0.15) is 16.9 Å². The molecule has 28 heavy (non-hydrogen) atoms. The molecule has 5 heteroatoms. The van der Waals surface area contributed by atoms with Crippen molar-refractivity contribution in [2.75, 3.05) is 11.9 Å². The minimum absolute atomic E-state index is 0.0540. The molecule has 2 atom stereocenters. The third-order valence-corrected chi connectivity index (χ3v) is 7.77. The maximum Gasteiger partial charge on any atom is 0.256 e.